The molecular formula is C14H23N3O2S. The molecule has 2 unspecified atom stereocenters. The van der Waals surface area contributed by atoms with Crippen LogP contribution in [0.15, 0.2) is 30.3 Å². The Kier molecular flexibility index (Phi) is 6.16. The molecule has 5 nitrogen and oxygen atoms in total. The Bertz CT molecular complexity index is 529. The van der Waals surface area contributed by atoms with Crippen molar-refractivity contribution < 1.29 is 8.42 Å². The topological polar surface area (TPSA) is 96.0 Å². The molecule has 1 aromatic carbocycles. The fraction of sp³-hybridized carbons (Fsp3) is 0.500. The number of rotatable bonds is 8. The minimum atomic E-state index is -3.47. The van der Waals surface area contributed by atoms with Crippen LogP contribution in [0.1, 0.15) is 38.2 Å². The minimum absolute atomic E-state index is 0.00942. The monoisotopic (exact) mass is 297 g/mol. The number of nitrogens with two attached hydrogens (primary N) is 1. The van der Waals surface area contributed by atoms with Crippen LogP contribution in [-0.2, 0) is 10.0 Å². The average molecular weight is 297 g/mol. The highest BCUT2D eigenvalue weighted by Gasteiger charge is 2.22. The van der Waals surface area contributed by atoms with Crippen LogP contribution in [0, 0.1) is 5.41 Å². The number of nitrogens with one attached hydrogen (secondary N) is 2. The molecule has 0 spiro atoms. The molecule has 0 saturated heterocycles. The summed E-state index contributed by atoms with van der Waals surface area (Å²) in [5.41, 5.74) is 6.41. The smallest absolute Gasteiger partial charge is 0.212 e. The van der Waals surface area contributed by atoms with Crippen LogP contribution in [0.5, 0.6) is 0 Å². The van der Waals surface area contributed by atoms with Gasteiger partial charge in [-0.05, 0) is 17.9 Å². The summed E-state index contributed by atoms with van der Waals surface area (Å²) in [4.78, 5) is 0. The van der Waals surface area contributed by atoms with Crippen molar-refractivity contribution in [3.63, 3.8) is 0 Å². The lowest BCUT2D eigenvalue weighted by molar-refractivity contribution is 0.560. The highest BCUT2D eigenvalue weighted by atomic mass is 32.2. The van der Waals surface area contributed by atoms with Crippen LogP contribution in [0.4, 0.5) is 0 Å². The molecule has 0 bridgehead atoms. The van der Waals surface area contributed by atoms with Gasteiger partial charge in [-0.15, -0.1) is 0 Å². The van der Waals surface area contributed by atoms with E-state index in [2.05, 4.69) is 4.72 Å². The van der Waals surface area contributed by atoms with Gasteiger partial charge in [0.1, 0.15) is 5.84 Å². The fourth-order valence-corrected chi connectivity index (χ4v) is 3.66. The van der Waals surface area contributed by atoms with Crippen molar-refractivity contribution in [2.75, 3.05) is 5.75 Å². The van der Waals surface area contributed by atoms with Gasteiger partial charge in [0.05, 0.1) is 11.8 Å². The summed E-state index contributed by atoms with van der Waals surface area (Å²) in [5, 5.41) is 7.43. The summed E-state index contributed by atoms with van der Waals surface area (Å²) in [6.07, 6.45) is 1.30. The van der Waals surface area contributed by atoms with E-state index >= 15 is 0 Å². The molecule has 0 amide bonds. The number of amidine groups is 1. The SMILES string of the molecule is CCCC(NS(=O)(=O)CC(C)c1ccccc1)C(=N)N. The van der Waals surface area contributed by atoms with Crippen LogP contribution in [0.2, 0.25) is 0 Å². The summed E-state index contributed by atoms with van der Waals surface area (Å²) in [7, 11) is -3.47. The van der Waals surface area contributed by atoms with Crippen LogP contribution < -0.4 is 10.5 Å². The predicted octanol–water partition coefficient (Wildman–Crippen LogP) is 1.81. The first-order valence-electron chi connectivity index (χ1n) is 6.74. The van der Waals surface area contributed by atoms with Crippen LogP contribution in [-0.4, -0.2) is 26.0 Å². The lowest BCUT2D eigenvalue weighted by Crippen LogP contribution is -2.45. The molecule has 0 heterocycles. The van der Waals surface area contributed by atoms with E-state index in [0.717, 1.165) is 12.0 Å². The van der Waals surface area contributed by atoms with Gasteiger partial charge in [0.25, 0.3) is 0 Å². The van der Waals surface area contributed by atoms with Gasteiger partial charge in [-0.3, -0.25) is 5.41 Å². The van der Waals surface area contributed by atoms with Gasteiger partial charge in [0.15, 0.2) is 0 Å². The van der Waals surface area contributed by atoms with Crippen molar-refractivity contribution in [1.29, 1.82) is 5.41 Å². The van der Waals surface area contributed by atoms with E-state index in [4.69, 9.17) is 11.1 Å². The highest BCUT2D eigenvalue weighted by Crippen LogP contribution is 2.16. The van der Waals surface area contributed by atoms with Crippen molar-refractivity contribution in [1.82, 2.24) is 4.72 Å². The van der Waals surface area contributed by atoms with E-state index < -0.39 is 16.1 Å². The molecule has 112 valence electrons. The van der Waals surface area contributed by atoms with Crippen LogP contribution >= 0.6 is 0 Å². The molecule has 1 rings (SSSR count). The molecule has 0 aliphatic rings. The molecule has 0 aliphatic carbocycles. The lowest BCUT2D eigenvalue weighted by Gasteiger charge is -2.19. The second-order valence-electron chi connectivity index (χ2n) is 5.01. The molecule has 0 saturated carbocycles. The first-order valence-corrected chi connectivity index (χ1v) is 8.39. The Morgan fingerprint density at radius 1 is 1.35 bits per heavy atom. The molecule has 6 heteroatoms. The van der Waals surface area contributed by atoms with Gasteiger partial charge >= 0.3 is 0 Å². The normalized spacial score (nSPS) is 14.7. The molecule has 0 aliphatic heterocycles. The standard InChI is InChI=1S/C14H23N3O2S/c1-3-7-13(14(15)16)17-20(18,19)10-11(2)12-8-5-4-6-9-12/h4-6,8-9,11,13,17H,3,7,10H2,1-2H3,(H3,15,16). The lowest BCUT2D eigenvalue weighted by atomic mass is 10.0. The van der Waals surface area contributed by atoms with E-state index in [0.29, 0.717) is 6.42 Å². The Morgan fingerprint density at radius 3 is 2.45 bits per heavy atom. The number of benzene rings is 1. The predicted molar refractivity (Wildman–Crippen MR) is 82.4 cm³/mol. The number of hydrogen-bond acceptors (Lipinski definition) is 3. The molecule has 2 atom stereocenters. The zero-order valence-electron chi connectivity index (χ0n) is 12.0. The van der Waals surface area contributed by atoms with Crippen LogP contribution in [0.25, 0.3) is 0 Å². The largest absolute Gasteiger partial charge is 0.386 e. The quantitative estimate of drug-likeness (QED) is 0.504. The van der Waals surface area contributed by atoms with E-state index in [1.165, 1.54) is 0 Å². The van der Waals surface area contributed by atoms with Crippen molar-refractivity contribution in [3.05, 3.63) is 35.9 Å². The van der Waals surface area contributed by atoms with E-state index in [1.54, 1.807) is 0 Å². The maximum atomic E-state index is 12.1. The highest BCUT2D eigenvalue weighted by molar-refractivity contribution is 7.89. The van der Waals surface area contributed by atoms with Gasteiger partial charge < -0.3 is 5.73 Å². The second kappa shape index (κ2) is 7.40. The third-order valence-electron chi connectivity index (χ3n) is 3.11. The Hall–Kier alpha value is -1.40. The van der Waals surface area contributed by atoms with Crippen molar-refractivity contribution in [3.8, 4) is 0 Å². The minimum Gasteiger partial charge on any atom is -0.386 e. The molecule has 0 fully saturated rings. The fourth-order valence-electron chi connectivity index (χ4n) is 2.04. The Balaban J connectivity index is 2.72. The zero-order chi connectivity index (χ0) is 15.2. The van der Waals surface area contributed by atoms with E-state index in [-0.39, 0.29) is 17.5 Å². The molecule has 4 N–H and O–H groups in total. The van der Waals surface area contributed by atoms with Crippen molar-refractivity contribution >= 4 is 15.9 Å². The number of sulfonamides is 1. The molecule has 1 aromatic rings. The molecular weight excluding hydrogens is 274 g/mol. The Morgan fingerprint density at radius 2 is 1.95 bits per heavy atom. The number of hydrogen-bond donors (Lipinski definition) is 3. The average Bonchev–Trinajstić information content (AvgIpc) is 2.38. The van der Waals surface area contributed by atoms with E-state index in [1.807, 2.05) is 44.2 Å². The second-order valence-corrected chi connectivity index (χ2v) is 6.81. The summed E-state index contributed by atoms with van der Waals surface area (Å²) in [6.45, 7) is 3.80. The zero-order valence-corrected chi connectivity index (χ0v) is 12.8. The third kappa shape index (κ3) is 5.30. The van der Waals surface area contributed by atoms with E-state index in [9.17, 15) is 8.42 Å². The summed E-state index contributed by atoms with van der Waals surface area (Å²) in [5.74, 6) is -0.254. The first kappa shape index (κ1) is 16.7. The van der Waals surface area contributed by atoms with Gasteiger partial charge in [-0.2, -0.15) is 0 Å². The van der Waals surface area contributed by atoms with Gasteiger partial charge in [-0.25, -0.2) is 13.1 Å². The van der Waals surface area contributed by atoms with Crippen molar-refractivity contribution in [2.45, 2.75) is 38.6 Å². The third-order valence-corrected chi connectivity index (χ3v) is 4.70. The van der Waals surface area contributed by atoms with Gasteiger partial charge in [-0.1, -0.05) is 50.6 Å². The van der Waals surface area contributed by atoms with Crippen molar-refractivity contribution in [2.24, 2.45) is 5.73 Å². The maximum Gasteiger partial charge on any atom is 0.212 e. The van der Waals surface area contributed by atoms with Crippen LogP contribution in [0.3, 0.4) is 0 Å². The summed E-state index contributed by atoms with van der Waals surface area (Å²) >= 11 is 0. The van der Waals surface area contributed by atoms with Gasteiger partial charge in [0.2, 0.25) is 10.0 Å². The summed E-state index contributed by atoms with van der Waals surface area (Å²) in [6, 6.07) is 8.90. The van der Waals surface area contributed by atoms with Gasteiger partial charge in [0, 0.05) is 0 Å². The Labute approximate surface area is 121 Å². The molecule has 20 heavy (non-hydrogen) atoms. The maximum absolute atomic E-state index is 12.1. The summed E-state index contributed by atoms with van der Waals surface area (Å²) < 4.78 is 26.8. The first-order chi connectivity index (χ1) is 9.35. The molecule has 0 aromatic heterocycles. The molecule has 0 radical (unpaired) electrons.